The van der Waals surface area contributed by atoms with Crippen molar-refractivity contribution >= 4 is 5.69 Å². The van der Waals surface area contributed by atoms with Crippen LogP contribution < -0.4 is 4.90 Å². The molecule has 0 heterocycles. The van der Waals surface area contributed by atoms with Crippen molar-refractivity contribution in [3.05, 3.63) is 29.3 Å². The number of rotatable bonds is 3. The number of aliphatic hydroxyl groups is 1. The Morgan fingerprint density at radius 1 is 1.50 bits per heavy atom. The molecule has 1 saturated carbocycles. The lowest BCUT2D eigenvalue weighted by Gasteiger charge is -2.36. The first-order chi connectivity index (χ1) is 7.76. The fraction of sp³-hybridized carbons (Fsp3) is 0.462. The molecular formula is C13H16N2O. The molecule has 2 rings (SSSR count). The monoisotopic (exact) mass is 216 g/mol. The van der Waals surface area contributed by atoms with Gasteiger partial charge in [-0.25, -0.2) is 0 Å². The largest absolute Gasteiger partial charge is 0.392 e. The molecule has 0 unspecified atom stereocenters. The van der Waals surface area contributed by atoms with Crippen molar-refractivity contribution in [1.82, 2.24) is 0 Å². The van der Waals surface area contributed by atoms with Gasteiger partial charge in [0.2, 0.25) is 0 Å². The topological polar surface area (TPSA) is 47.3 Å². The summed E-state index contributed by atoms with van der Waals surface area (Å²) in [7, 11) is 2.04. The van der Waals surface area contributed by atoms with Gasteiger partial charge >= 0.3 is 0 Å². The second-order valence-electron chi connectivity index (χ2n) is 4.32. The highest BCUT2D eigenvalue weighted by molar-refractivity contribution is 5.60. The maximum absolute atomic E-state index is 9.10. The van der Waals surface area contributed by atoms with Gasteiger partial charge in [-0.1, -0.05) is 6.07 Å². The van der Waals surface area contributed by atoms with Crippen LogP contribution in [0, 0.1) is 11.3 Å². The summed E-state index contributed by atoms with van der Waals surface area (Å²) in [5.41, 5.74) is 2.42. The van der Waals surface area contributed by atoms with Crippen molar-refractivity contribution in [3.63, 3.8) is 0 Å². The first kappa shape index (κ1) is 11.0. The minimum absolute atomic E-state index is 0.0118. The molecule has 0 saturated heterocycles. The average molecular weight is 216 g/mol. The number of benzene rings is 1. The van der Waals surface area contributed by atoms with Crippen LogP contribution in [0.3, 0.4) is 0 Å². The van der Waals surface area contributed by atoms with Crippen molar-refractivity contribution in [1.29, 1.82) is 5.26 Å². The second kappa shape index (κ2) is 4.54. The first-order valence-corrected chi connectivity index (χ1v) is 5.63. The average Bonchev–Trinajstić information content (AvgIpc) is 2.25. The van der Waals surface area contributed by atoms with Crippen LogP contribution in [0.4, 0.5) is 5.69 Å². The summed E-state index contributed by atoms with van der Waals surface area (Å²) in [6.07, 6.45) is 3.71. The Labute approximate surface area is 95.9 Å². The van der Waals surface area contributed by atoms with E-state index in [1.807, 2.05) is 19.2 Å². The van der Waals surface area contributed by atoms with Gasteiger partial charge in [-0.3, -0.25) is 0 Å². The summed E-state index contributed by atoms with van der Waals surface area (Å²) in [6.45, 7) is -0.0118. The third-order valence-electron chi connectivity index (χ3n) is 3.37. The van der Waals surface area contributed by atoms with Crippen molar-refractivity contribution in [2.24, 2.45) is 0 Å². The van der Waals surface area contributed by atoms with Crippen LogP contribution >= 0.6 is 0 Å². The lowest BCUT2D eigenvalue weighted by Crippen LogP contribution is -2.37. The number of nitriles is 1. The van der Waals surface area contributed by atoms with Gasteiger partial charge in [0.1, 0.15) is 6.07 Å². The Kier molecular flexibility index (Phi) is 3.12. The molecule has 1 aromatic carbocycles. The van der Waals surface area contributed by atoms with E-state index in [0.717, 1.165) is 11.3 Å². The van der Waals surface area contributed by atoms with Crippen LogP contribution in [0.15, 0.2) is 18.2 Å². The molecular weight excluding hydrogens is 200 g/mol. The zero-order valence-electron chi connectivity index (χ0n) is 9.48. The van der Waals surface area contributed by atoms with E-state index in [9.17, 15) is 0 Å². The Hall–Kier alpha value is -1.53. The fourth-order valence-corrected chi connectivity index (χ4v) is 2.05. The zero-order chi connectivity index (χ0) is 11.5. The third kappa shape index (κ3) is 1.89. The SMILES string of the molecule is CN(c1ccc(CO)cc1C#N)C1CCC1. The molecule has 1 aliphatic rings. The maximum Gasteiger partial charge on any atom is 0.101 e. The van der Waals surface area contributed by atoms with Crippen LogP contribution in [0.5, 0.6) is 0 Å². The lowest BCUT2D eigenvalue weighted by molar-refractivity contribution is 0.282. The molecule has 0 aromatic heterocycles. The van der Waals surface area contributed by atoms with E-state index in [4.69, 9.17) is 10.4 Å². The Bertz CT molecular complexity index is 418. The lowest BCUT2D eigenvalue weighted by atomic mass is 9.91. The van der Waals surface area contributed by atoms with Crippen molar-refractivity contribution in [3.8, 4) is 6.07 Å². The van der Waals surface area contributed by atoms with Crippen molar-refractivity contribution in [2.45, 2.75) is 31.9 Å². The number of hydrogen-bond acceptors (Lipinski definition) is 3. The van der Waals surface area contributed by atoms with Gasteiger partial charge in [-0.15, -0.1) is 0 Å². The van der Waals surface area contributed by atoms with Crippen LogP contribution in [-0.4, -0.2) is 18.2 Å². The van der Waals surface area contributed by atoms with E-state index in [2.05, 4.69) is 11.0 Å². The molecule has 1 aromatic rings. The van der Waals surface area contributed by atoms with Gasteiger partial charge in [0, 0.05) is 13.1 Å². The van der Waals surface area contributed by atoms with Gasteiger partial charge < -0.3 is 10.0 Å². The van der Waals surface area contributed by atoms with E-state index in [0.29, 0.717) is 11.6 Å². The molecule has 0 aliphatic heterocycles. The highest BCUT2D eigenvalue weighted by atomic mass is 16.3. The molecule has 0 spiro atoms. The van der Waals surface area contributed by atoms with Crippen molar-refractivity contribution < 1.29 is 5.11 Å². The summed E-state index contributed by atoms with van der Waals surface area (Å²) >= 11 is 0. The number of nitrogens with zero attached hydrogens (tertiary/aromatic N) is 2. The molecule has 1 fully saturated rings. The summed E-state index contributed by atoms with van der Waals surface area (Å²) in [6, 6.07) is 8.36. The highest BCUT2D eigenvalue weighted by Crippen LogP contribution is 2.30. The molecule has 0 amide bonds. The molecule has 0 radical (unpaired) electrons. The minimum Gasteiger partial charge on any atom is -0.392 e. The number of anilines is 1. The van der Waals surface area contributed by atoms with Gasteiger partial charge in [-0.05, 0) is 37.0 Å². The molecule has 16 heavy (non-hydrogen) atoms. The molecule has 1 N–H and O–H groups in total. The smallest absolute Gasteiger partial charge is 0.101 e. The quantitative estimate of drug-likeness (QED) is 0.841. The summed E-state index contributed by atoms with van der Waals surface area (Å²) < 4.78 is 0. The standard InChI is InChI=1S/C13H16N2O/c1-15(12-3-2-4-12)13-6-5-10(9-16)7-11(13)8-14/h5-7,12,16H,2-4,9H2,1H3. The number of hydrogen-bond donors (Lipinski definition) is 1. The molecule has 1 aliphatic carbocycles. The van der Waals surface area contributed by atoms with Crippen LogP contribution in [0.1, 0.15) is 30.4 Å². The van der Waals surface area contributed by atoms with E-state index < -0.39 is 0 Å². The molecule has 3 nitrogen and oxygen atoms in total. The zero-order valence-corrected chi connectivity index (χ0v) is 9.48. The third-order valence-corrected chi connectivity index (χ3v) is 3.37. The molecule has 0 atom stereocenters. The van der Waals surface area contributed by atoms with E-state index in [-0.39, 0.29) is 6.61 Å². The normalized spacial score (nSPS) is 15.3. The van der Waals surface area contributed by atoms with Gasteiger partial charge in [0.15, 0.2) is 0 Å². The van der Waals surface area contributed by atoms with Gasteiger partial charge in [0.25, 0.3) is 0 Å². The van der Waals surface area contributed by atoms with Gasteiger partial charge in [0.05, 0.1) is 17.9 Å². The minimum atomic E-state index is -0.0118. The van der Waals surface area contributed by atoms with Gasteiger partial charge in [-0.2, -0.15) is 5.26 Å². The Morgan fingerprint density at radius 2 is 2.25 bits per heavy atom. The Morgan fingerprint density at radius 3 is 2.75 bits per heavy atom. The first-order valence-electron chi connectivity index (χ1n) is 5.63. The van der Waals surface area contributed by atoms with Crippen molar-refractivity contribution in [2.75, 3.05) is 11.9 Å². The second-order valence-corrected chi connectivity index (χ2v) is 4.32. The molecule has 3 heteroatoms. The Balaban J connectivity index is 2.29. The van der Waals surface area contributed by atoms with E-state index in [1.54, 1.807) is 6.07 Å². The van der Waals surface area contributed by atoms with Crippen LogP contribution in [0.25, 0.3) is 0 Å². The molecule has 84 valence electrons. The summed E-state index contributed by atoms with van der Waals surface area (Å²) in [5, 5.41) is 18.1. The molecule has 0 bridgehead atoms. The van der Waals surface area contributed by atoms with Crippen LogP contribution in [-0.2, 0) is 6.61 Å². The maximum atomic E-state index is 9.10. The number of aliphatic hydroxyl groups excluding tert-OH is 1. The summed E-state index contributed by atoms with van der Waals surface area (Å²) in [5.74, 6) is 0. The fourth-order valence-electron chi connectivity index (χ4n) is 2.05. The predicted octanol–water partition coefficient (Wildman–Crippen LogP) is 2.04. The summed E-state index contributed by atoms with van der Waals surface area (Å²) in [4.78, 5) is 2.18. The van der Waals surface area contributed by atoms with Crippen LogP contribution in [0.2, 0.25) is 0 Å². The van der Waals surface area contributed by atoms with E-state index >= 15 is 0 Å². The highest BCUT2D eigenvalue weighted by Gasteiger charge is 2.23. The predicted molar refractivity (Wildman–Crippen MR) is 63.1 cm³/mol. The van der Waals surface area contributed by atoms with E-state index in [1.165, 1.54) is 19.3 Å².